The predicted molar refractivity (Wildman–Crippen MR) is 81.0 cm³/mol. The molecule has 0 aromatic heterocycles. The molecule has 100 valence electrons. The zero-order valence-corrected chi connectivity index (χ0v) is 13.5. The van der Waals surface area contributed by atoms with Gasteiger partial charge < -0.3 is 4.74 Å². The van der Waals surface area contributed by atoms with Gasteiger partial charge in [0.05, 0.1) is 0 Å². The monoisotopic (exact) mass is 330 g/mol. The molecule has 1 aliphatic rings. The molecular weight excluding hydrogens is 312 g/mol. The van der Waals surface area contributed by atoms with Crippen molar-refractivity contribution in [1.82, 2.24) is 0 Å². The van der Waals surface area contributed by atoms with Crippen LogP contribution in [0.2, 0.25) is 5.02 Å². The van der Waals surface area contributed by atoms with E-state index in [1.54, 1.807) is 0 Å². The van der Waals surface area contributed by atoms with Crippen LogP contribution in [0, 0.1) is 12.3 Å². The van der Waals surface area contributed by atoms with Gasteiger partial charge in [-0.3, -0.25) is 0 Å². The zero-order chi connectivity index (χ0) is 13.3. The molecule has 0 aliphatic heterocycles. The minimum Gasteiger partial charge on any atom is -0.490 e. The summed E-state index contributed by atoms with van der Waals surface area (Å²) in [6.07, 6.45) is 3.70. The molecule has 0 amide bonds. The fraction of sp³-hybridized carbons (Fsp3) is 0.600. The van der Waals surface area contributed by atoms with Gasteiger partial charge in [-0.25, -0.2) is 0 Å². The molecule has 0 radical (unpaired) electrons. The van der Waals surface area contributed by atoms with Gasteiger partial charge in [0.15, 0.2) is 0 Å². The molecule has 2 unspecified atom stereocenters. The van der Waals surface area contributed by atoms with Crippen molar-refractivity contribution in [2.75, 3.05) is 0 Å². The number of alkyl halides is 1. The fourth-order valence-corrected chi connectivity index (χ4v) is 4.27. The van der Waals surface area contributed by atoms with Crippen molar-refractivity contribution in [3.05, 3.63) is 28.8 Å². The average Bonchev–Trinajstić information content (AvgIpc) is 2.35. The number of halogens is 2. The van der Waals surface area contributed by atoms with Crippen LogP contribution in [-0.2, 0) is 0 Å². The Balaban J connectivity index is 2.12. The minimum atomic E-state index is 0.285. The van der Waals surface area contributed by atoms with E-state index in [0.29, 0.717) is 10.9 Å². The van der Waals surface area contributed by atoms with Crippen molar-refractivity contribution in [2.24, 2.45) is 5.41 Å². The largest absolute Gasteiger partial charge is 0.490 e. The minimum absolute atomic E-state index is 0.285. The first-order chi connectivity index (χ1) is 8.53. The lowest BCUT2D eigenvalue weighted by atomic mass is 9.62. The van der Waals surface area contributed by atoms with Gasteiger partial charge in [-0.05, 0) is 49.9 Å². The van der Waals surface area contributed by atoms with Gasteiger partial charge in [0.2, 0.25) is 0 Å². The van der Waals surface area contributed by atoms with Crippen molar-refractivity contribution in [1.29, 1.82) is 0 Å². The first-order valence-electron chi connectivity index (χ1n) is 6.60. The standard InChI is InChI=1S/C15H20BrClO/c1-4-15(5-2)13(16)9-14(15)18-11-6-7-12(17)10(3)8-11/h6-8,13-14H,4-5,9H2,1-3H3. The van der Waals surface area contributed by atoms with E-state index in [1.807, 2.05) is 25.1 Å². The van der Waals surface area contributed by atoms with Crippen LogP contribution in [0.25, 0.3) is 0 Å². The smallest absolute Gasteiger partial charge is 0.120 e. The second-order valence-corrected chi connectivity index (χ2v) is 6.67. The summed E-state index contributed by atoms with van der Waals surface area (Å²) < 4.78 is 6.17. The Hall–Kier alpha value is -0.210. The molecule has 18 heavy (non-hydrogen) atoms. The summed E-state index contributed by atoms with van der Waals surface area (Å²) in [6, 6.07) is 5.91. The Bertz CT molecular complexity index is 429. The van der Waals surface area contributed by atoms with Crippen LogP contribution in [-0.4, -0.2) is 10.9 Å². The maximum atomic E-state index is 6.17. The molecule has 1 nitrogen and oxygen atoms in total. The van der Waals surface area contributed by atoms with Crippen LogP contribution in [0.4, 0.5) is 0 Å². The summed E-state index contributed by atoms with van der Waals surface area (Å²) in [5, 5.41) is 0.798. The van der Waals surface area contributed by atoms with E-state index in [2.05, 4.69) is 29.8 Å². The Labute approximate surface area is 123 Å². The number of ether oxygens (including phenoxy) is 1. The lowest BCUT2D eigenvalue weighted by Crippen LogP contribution is -2.56. The van der Waals surface area contributed by atoms with E-state index < -0.39 is 0 Å². The molecule has 3 heteroatoms. The first kappa shape index (κ1) is 14.2. The van der Waals surface area contributed by atoms with Gasteiger partial charge in [0.25, 0.3) is 0 Å². The fourth-order valence-electron chi connectivity index (χ4n) is 2.87. The van der Waals surface area contributed by atoms with Crippen LogP contribution in [0.5, 0.6) is 5.75 Å². The summed E-state index contributed by atoms with van der Waals surface area (Å²) in [6.45, 7) is 6.51. The van der Waals surface area contributed by atoms with E-state index in [1.165, 1.54) is 0 Å². The van der Waals surface area contributed by atoms with Crippen molar-refractivity contribution >= 4 is 27.5 Å². The highest BCUT2D eigenvalue weighted by Gasteiger charge is 2.53. The summed E-state index contributed by atoms with van der Waals surface area (Å²) >= 11 is 9.82. The number of benzene rings is 1. The van der Waals surface area contributed by atoms with Gasteiger partial charge in [0, 0.05) is 15.3 Å². The van der Waals surface area contributed by atoms with Gasteiger partial charge in [-0.2, -0.15) is 0 Å². The molecule has 0 saturated heterocycles. The number of aryl methyl sites for hydroxylation is 1. The van der Waals surface area contributed by atoms with E-state index in [0.717, 1.165) is 35.6 Å². The highest BCUT2D eigenvalue weighted by atomic mass is 79.9. The van der Waals surface area contributed by atoms with E-state index >= 15 is 0 Å². The predicted octanol–water partition coefficient (Wildman–Crippen LogP) is 5.37. The van der Waals surface area contributed by atoms with Gasteiger partial charge in [-0.1, -0.05) is 41.4 Å². The molecule has 1 aromatic carbocycles. The second kappa shape index (κ2) is 5.42. The summed E-state index contributed by atoms with van der Waals surface area (Å²) in [5.74, 6) is 0.938. The van der Waals surface area contributed by atoms with Gasteiger partial charge in [-0.15, -0.1) is 0 Å². The molecule has 1 saturated carbocycles. The highest BCUT2D eigenvalue weighted by Crippen LogP contribution is 2.52. The third-order valence-electron chi connectivity index (χ3n) is 4.41. The number of rotatable bonds is 4. The lowest BCUT2D eigenvalue weighted by molar-refractivity contribution is -0.0411. The second-order valence-electron chi connectivity index (χ2n) is 5.16. The highest BCUT2D eigenvalue weighted by molar-refractivity contribution is 9.09. The van der Waals surface area contributed by atoms with Crippen LogP contribution < -0.4 is 4.74 Å². The van der Waals surface area contributed by atoms with Crippen LogP contribution in [0.15, 0.2) is 18.2 Å². The summed E-state index contributed by atoms with van der Waals surface area (Å²) in [5.41, 5.74) is 1.36. The van der Waals surface area contributed by atoms with E-state index in [9.17, 15) is 0 Å². The molecule has 2 atom stereocenters. The maximum Gasteiger partial charge on any atom is 0.120 e. The van der Waals surface area contributed by atoms with E-state index in [-0.39, 0.29) is 5.41 Å². The van der Waals surface area contributed by atoms with Crippen molar-refractivity contribution in [3.63, 3.8) is 0 Å². The van der Waals surface area contributed by atoms with Crippen molar-refractivity contribution in [3.8, 4) is 5.75 Å². The summed E-state index contributed by atoms with van der Waals surface area (Å²) in [4.78, 5) is 0.582. The SMILES string of the molecule is CCC1(CC)C(Br)CC1Oc1ccc(Cl)c(C)c1. The Morgan fingerprint density at radius 2 is 2.06 bits per heavy atom. The van der Waals surface area contributed by atoms with Crippen molar-refractivity contribution in [2.45, 2.75) is 51.0 Å². The Morgan fingerprint density at radius 3 is 2.56 bits per heavy atom. The zero-order valence-electron chi connectivity index (χ0n) is 11.2. The quantitative estimate of drug-likeness (QED) is 0.674. The van der Waals surface area contributed by atoms with Gasteiger partial charge in [0.1, 0.15) is 11.9 Å². The van der Waals surface area contributed by atoms with Crippen LogP contribution in [0.1, 0.15) is 38.7 Å². The molecule has 0 heterocycles. The maximum absolute atomic E-state index is 6.17. The molecule has 0 bridgehead atoms. The molecule has 1 aliphatic carbocycles. The summed E-state index contributed by atoms with van der Waals surface area (Å²) in [7, 11) is 0. The average molecular weight is 332 g/mol. The molecule has 2 rings (SSSR count). The van der Waals surface area contributed by atoms with Crippen LogP contribution >= 0.6 is 27.5 Å². The Kier molecular flexibility index (Phi) is 4.28. The third-order valence-corrected chi connectivity index (χ3v) is 6.12. The van der Waals surface area contributed by atoms with Crippen molar-refractivity contribution < 1.29 is 4.74 Å². The lowest BCUT2D eigenvalue weighted by Gasteiger charge is -2.52. The number of hydrogen-bond donors (Lipinski definition) is 0. The molecule has 0 spiro atoms. The number of hydrogen-bond acceptors (Lipinski definition) is 1. The Morgan fingerprint density at radius 1 is 1.39 bits per heavy atom. The van der Waals surface area contributed by atoms with E-state index in [4.69, 9.17) is 16.3 Å². The van der Waals surface area contributed by atoms with Crippen LogP contribution in [0.3, 0.4) is 0 Å². The third kappa shape index (κ3) is 2.30. The molecule has 1 aromatic rings. The van der Waals surface area contributed by atoms with Gasteiger partial charge >= 0.3 is 0 Å². The molecule has 1 fully saturated rings. The normalized spacial score (nSPS) is 25.6. The molecular formula is C15H20BrClO. The topological polar surface area (TPSA) is 9.23 Å². The molecule has 0 N–H and O–H groups in total. The first-order valence-corrected chi connectivity index (χ1v) is 7.89.